The highest BCUT2D eigenvalue weighted by molar-refractivity contribution is 5.76. The average molecular weight is 334 g/mol. The summed E-state index contributed by atoms with van der Waals surface area (Å²) in [7, 11) is 1.37. The summed E-state index contributed by atoms with van der Waals surface area (Å²) in [5, 5.41) is 2.81. The predicted octanol–water partition coefficient (Wildman–Crippen LogP) is 2.18. The van der Waals surface area contributed by atoms with E-state index in [9.17, 15) is 9.59 Å². The largest absolute Gasteiger partial charge is 0.469 e. The van der Waals surface area contributed by atoms with E-state index in [0.717, 1.165) is 6.54 Å². The molecule has 0 radical (unpaired) electrons. The molecule has 1 aliphatic heterocycles. The number of methoxy groups -OCH3 is 1. The van der Waals surface area contributed by atoms with E-state index in [1.165, 1.54) is 12.7 Å². The summed E-state index contributed by atoms with van der Waals surface area (Å²) < 4.78 is 10.2. The van der Waals surface area contributed by atoms with Gasteiger partial charge in [0.1, 0.15) is 5.60 Å². The van der Waals surface area contributed by atoms with Gasteiger partial charge in [-0.3, -0.25) is 9.69 Å². The van der Waals surface area contributed by atoms with Gasteiger partial charge in [-0.25, -0.2) is 4.79 Å². The first kappa shape index (κ1) is 18.3. The highest BCUT2D eigenvalue weighted by atomic mass is 16.6. The molecule has 0 aliphatic carbocycles. The van der Waals surface area contributed by atoms with Crippen molar-refractivity contribution in [3.8, 4) is 0 Å². The van der Waals surface area contributed by atoms with Crippen LogP contribution in [-0.2, 0) is 20.8 Å². The number of rotatable bonds is 4. The Balaban J connectivity index is 2.01. The van der Waals surface area contributed by atoms with Crippen molar-refractivity contribution in [3.05, 3.63) is 35.9 Å². The monoisotopic (exact) mass is 334 g/mol. The highest BCUT2D eigenvalue weighted by Crippen LogP contribution is 2.21. The molecule has 1 saturated heterocycles. The van der Waals surface area contributed by atoms with Gasteiger partial charge in [0.05, 0.1) is 19.1 Å². The van der Waals surface area contributed by atoms with Gasteiger partial charge in [0.2, 0.25) is 0 Å². The minimum Gasteiger partial charge on any atom is -0.469 e. The minimum atomic E-state index is -0.576. The zero-order chi connectivity index (χ0) is 17.7. The Morgan fingerprint density at radius 3 is 2.46 bits per heavy atom. The number of amides is 1. The number of hydrogen-bond donors (Lipinski definition) is 1. The Morgan fingerprint density at radius 2 is 1.88 bits per heavy atom. The summed E-state index contributed by atoms with van der Waals surface area (Å²) in [6, 6.07) is 9.71. The van der Waals surface area contributed by atoms with E-state index in [0.29, 0.717) is 13.1 Å². The van der Waals surface area contributed by atoms with Gasteiger partial charge in [-0.15, -0.1) is 0 Å². The highest BCUT2D eigenvalue weighted by Gasteiger charge is 2.39. The number of nitrogens with zero attached hydrogens (tertiary/aromatic N) is 1. The Morgan fingerprint density at radius 1 is 1.21 bits per heavy atom. The molecule has 0 saturated carbocycles. The number of esters is 1. The van der Waals surface area contributed by atoms with Crippen LogP contribution < -0.4 is 5.32 Å². The van der Waals surface area contributed by atoms with Gasteiger partial charge in [-0.05, 0) is 26.3 Å². The fourth-order valence-corrected chi connectivity index (χ4v) is 2.85. The molecular formula is C18H26N2O4. The molecule has 2 atom stereocenters. The third-order valence-electron chi connectivity index (χ3n) is 3.85. The predicted molar refractivity (Wildman–Crippen MR) is 90.4 cm³/mol. The Hall–Kier alpha value is -2.08. The van der Waals surface area contributed by atoms with Crippen LogP contribution in [0.4, 0.5) is 4.79 Å². The summed E-state index contributed by atoms with van der Waals surface area (Å²) in [4.78, 5) is 26.2. The molecule has 0 aromatic heterocycles. The number of benzene rings is 1. The van der Waals surface area contributed by atoms with Crippen LogP contribution in [0.15, 0.2) is 30.3 Å². The third kappa shape index (κ3) is 5.23. The van der Waals surface area contributed by atoms with E-state index >= 15 is 0 Å². The summed E-state index contributed by atoms with van der Waals surface area (Å²) >= 11 is 0. The van der Waals surface area contributed by atoms with Gasteiger partial charge in [0, 0.05) is 19.6 Å². The van der Waals surface area contributed by atoms with Gasteiger partial charge in [0.15, 0.2) is 0 Å². The van der Waals surface area contributed by atoms with Gasteiger partial charge in [0.25, 0.3) is 0 Å². The van der Waals surface area contributed by atoms with Crippen LogP contribution >= 0.6 is 0 Å². The van der Waals surface area contributed by atoms with Crippen LogP contribution in [0.1, 0.15) is 26.3 Å². The molecule has 1 N–H and O–H groups in total. The van der Waals surface area contributed by atoms with Gasteiger partial charge < -0.3 is 14.8 Å². The first-order valence-corrected chi connectivity index (χ1v) is 8.12. The Bertz CT molecular complexity index is 568. The molecule has 0 spiro atoms. The number of nitrogens with one attached hydrogen (secondary N) is 1. The van der Waals surface area contributed by atoms with Gasteiger partial charge in [-0.2, -0.15) is 0 Å². The van der Waals surface area contributed by atoms with Crippen LogP contribution in [0, 0.1) is 5.92 Å². The number of alkyl carbamates (subject to hydrolysis) is 1. The summed E-state index contributed by atoms with van der Waals surface area (Å²) in [6.45, 7) is 7.26. The second kappa shape index (κ2) is 7.66. The molecule has 0 bridgehead atoms. The molecule has 2 unspecified atom stereocenters. The topological polar surface area (TPSA) is 67.9 Å². The molecular weight excluding hydrogens is 308 g/mol. The van der Waals surface area contributed by atoms with E-state index in [2.05, 4.69) is 10.2 Å². The third-order valence-corrected chi connectivity index (χ3v) is 3.85. The fourth-order valence-electron chi connectivity index (χ4n) is 2.85. The summed E-state index contributed by atoms with van der Waals surface area (Å²) in [6.07, 6.45) is -0.511. The molecule has 1 aromatic carbocycles. The van der Waals surface area contributed by atoms with Crippen molar-refractivity contribution in [2.45, 2.75) is 39.0 Å². The molecule has 6 heteroatoms. The maximum atomic E-state index is 12.0. The summed E-state index contributed by atoms with van der Waals surface area (Å²) in [5.41, 5.74) is 0.590. The van der Waals surface area contributed by atoms with E-state index in [-0.39, 0.29) is 12.0 Å². The molecule has 1 heterocycles. The first-order chi connectivity index (χ1) is 11.3. The molecule has 24 heavy (non-hydrogen) atoms. The van der Waals surface area contributed by atoms with Crippen LogP contribution in [0.25, 0.3) is 0 Å². The van der Waals surface area contributed by atoms with Crippen molar-refractivity contribution >= 4 is 12.1 Å². The van der Waals surface area contributed by atoms with Gasteiger partial charge >= 0.3 is 12.1 Å². The molecule has 6 nitrogen and oxygen atoms in total. The fraction of sp³-hybridized carbons (Fsp3) is 0.556. The van der Waals surface area contributed by atoms with Crippen molar-refractivity contribution < 1.29 is 19.1 Å². The zero-order valence-electron chi connectivity index (χ0n) is 14.7. The van der Waals surface area contributed by atoms with Crippen LogP contribution in [0.3, 0.4) is 0 Å². The maximum Gasteiger partial charge on any atom is 0.407 e. The Kier molecular flexibility index (Phi) is 5.83. The summed E-state index contributed by atoms with van der Waals surface area (Å²) in [5.74, 6) is -0.710. The van der Waals surface area contributed by atoms with Crippen LogP contribution in [-0.4, -0.2) is 48.8 Å². The van der Waals surface area contributed by atoms with Gasteiger partial charge in [-0.1, -0.05) is 30.3 Å². The number of likely N-dealkylation sites (tertiary alicyclic amines) is 1. The van der Waals surface area contributed by atoms with Crippen molar-refractivity contribution in [1.82, 2.24) is 10.2 Å². The van der Waals surface area contributed by atoms with E-state index < -0.39 is 17.6 Å². The first-order valence-electron chi connectivity index (χ1n) is 8.12. The molecule has 1 aliphatic rings. The smallest absolute Gasteiger partial charge is 0.407 e. The molecule has 2 rings (SSSR count). The van der Waals surface area contributed by atoms with E-state index in [1.54, 1.807) is 20.8 Å². The lowest BCUT2D eigenvalue weighted by Gasteiger charge is -2.23. The molecule has 132 valence electrons. The quantitative estimate of drug-likeness (QED) is 0.855. The SMILES string of the molecule is COC(=O)C1CN(Cc2ccccc2)CC1NC(=O)OC(C)(C)C. The lowest BCUT2D eigenvalue weighted by molar-refractivity contribution is -0.145. The second-order valence-corrected chi connectivity index (χ2v) is 7.06. The van der Waals surface area contributed by atoms with Crippen LogP contribution in [0.5, 0.6) is 0 Å². The van der Waals surface area contributed by atoms with Crippen molar-refractivity contribution in [1.29, 1.82) is 0 Å². The van der Waals surface area contributed by atoms with Crippen molar-refractivity contribution in [2.24, 2.45) is 5.92 Å². The maximum absolute atomic E-state index is 12.0. The number of hydrogen-bond acceptors (Lipinski definition) is 5. The Labute approximate surface area is 143 Å². The number of carbonyl (C=O) groups is 2. The van der Waals surface area contributed by atoms with E-state index in [4.69, 9.17) is 9.47 Å². The average Bonchev–Trinajstić information content (AvgIpc) is 2.87. The number of ether oxygens (including phenoxy) is 2. The second-order valence-electron chi connectivity index (χ2n) is 7.06. The standard InChI is InChI=1S/C18H26N2O4/c1-18(2,3)24-17(22)19-15-12-20(11-14(15)16(21)23-4)10-13-8-6-5-7-9-13/h5-9,14-15H,10-12H2,1-4H3,(H,19,22). The zero-order valence-corrected chi connectivity index (χ0v) is 14.7. The minimum absolute atomic E-state index is 0.313. The lowest BCUT2D eigenvalue weighted by atomic mass is 10.0. The van der Waals surface area contributed by atoms with E-state index in [1.807, 2.05) is 30.3 Å². The molecule has 1 fully saturated rings. The van der Waals surface area contributed by atoms with Crippen LogP contribution in [0.2, 0.25) is 0 Å². The lowest BCUT2D eigenvalue weighted by Crippen LogP contribution is -2.45. The molecule has 1 aromatic rings. The number of carbonyl (C=O) groups excluding carboxylic acids is 2. The molecule has 1 amide bonds. The normalized spacial score (nSPS) is 21.3. The van der Waals surface area contributed by atoms with Crippen molar-refractivity contribution in [3.63, 3.8) is 0 Å². The van der Waals surface area contributed by atoms with Crippen molar-refractivity contribution in [2.75, 3.05) is 20.2 Å².